The third-order valence-electron chi connectivity index (χ3n) is 4.52. The van der Waals surface area contributed by atoms with E-state index in [4.69, 9.17) is 9.47 Å². The molecule has 2 aliphatic heterocycles. The highest BCUT2D eigenvalue weighted by atomic mass is 16.5. The lowest BCUT2D eigenvalue weighted by atomic mass is 9.90. The van der Waals surface area contributed by atoms with Crippen molar-refractivity contribution in [1.82, 2.24) is 4.90 Å². The highest BCUT2D eigenvalue weighted by Gasteiger charge is 2.36. The lowest BCUT2D eigenvalue weighted by Gasteiger charge is -2.39. The van der Waals surface area contributed by atoms with Crippen LogP contribution < -0.4 is 4.74 Å². The van der Waals surface area contributed by atoms with Gasteiger partial charge in [-0.25, -0.2) is 0 Å². The van der Waals surface area contributed by atoms with Crippen molar-refractivity contribution in [1.29, 1.82) is 0 Å². The van der Waals surface area contributed by atoms with Gasteiger partial charge in [-0.2, -0.15) is 0 Å². The molecule has 3 rings (SSSR count). The smallest absolute Gasteiger partial charge is 0.182 e. The number of ether oxygens (including phenoxy) is 2. The number of benzene rings is 1. The van der Waals surface area contributed by atoms with Crippen molar-refractivity contribution >= 4 is 5.78 Å². The van der Waals surface area contributed by atoms with Crippen LogP contribution in [0, 0.1) is 0 Å². The van der Waals surface area contributed by atoms with Gasteiger partial charge < -0.3 is 9.47 Å². The summed E-state index contributed by atoms with van der Waals surface area (Å²) in [5.41, 5.74) is 1.43. The first kappa shape index (κ1) is 14.5. The highest BCUT2D eigenvalue weighted by Crippen LogP contribution is 2.31. The fraction of sp³-hybridized carbons (Fsp3) is 0.588. The maximum Gasteiger partial charge on any atom is 0.182 e. The van der Waals surface area contributed by atoms with E-state index in [1.54, 1.807) is 0 Å². The Morgan fingerprint density at radius 3 is 2.71 bits per heavy atom. The van der Waals surface area contributed by atoms with Crippen LogP contribution in [0.15, 0.2) is 18.2 Å². The van der Waals surface area contributed by atoms with Gasteiger partial charge in [0.15, 0.2) is 5.78 Å². The third kappa shape index (κ3) is 2.70. The molecule has 0 spiro atoms. The molecule has 0 N–H and O–H groups in total. The molecule has 2 heterocycles. The molecule has 0 aromatic heterocycles. The Morgan fingerprint density at radius 1 is 1.29 bits per heavy atom. The number of ketones is 1. The number of carbonyl (C=O) groups excluding carboxylic acids is 1. The largest absolute Gasteiger partial charge is 0.490 e. The van der Waals surface area contributed by atoms with Crippen molar-refractivity contribution in [3.05, 3.63) is 29.3 Å². The second kappa shape index (κ2) is 5.43. The van der Waals surface area contributed by atoms with E-state index in [2.05, 4.69) is 11.8 Å². The first-order chi connectivity index (χ1) is 9.98. The van der Waals surface area contributed by atoms with Crippen LogP contribution in [-0.2, 0) is 11.2 Å². The standard InChI is InChI=1S/C17H23NO3/c1-12-10-14-11-13(4-5-15(14)21-12)16(19)17(2,3)18-6-8-20-9-7-18/h4-5,11-12H,6-10H2,1-3H3. The van der Waals surface area contributed by atoms with Gasteiger partial charge in [-0.05, 0) is 44.5 Å². The summed E-state index contributed by atoms with van der Waals surface area (Å²) in [6.45, 7) is 9.09. The topological polar surface area (TPSA) is 38.8 Å². The number of morpholine rings is 1. The van der Waals surface area contributed by atoms with Gasteiger partial charge in [0.1, 0.15) is 11.9 Å². The molecule has 0 saturated carbocycles. The van der Waals surface area contributed by atoms with E-state index in [9.17, 15) is 4.79 Å². The zero-order valence-corrected chi connectivity index (χ0v) is 13.0. The predicted molar refractivity (Wildman–Crippen MR) is 81.0 cm³/mol. The number of nitrogens with zero attached hydrogens (tertiary/aromatic N) is 1. The van der Waals surface area contributed by atoms with Gasteiger partial charge in [0, 0.05) is 25.1 Å². The van der Waals surface area contributed by atoms with Gasteiger partial charge in [0.2, 0.25) is 0 Å². The van der Waals surface area contributed by atoms with Gasteiger partial charge in [0.25, 0.3) is 0 Å². The number of fused-ring (bicyclic) bond motifs is 1. The quantitative estimate of drug-likeness (QED) is 0.800. The summed E-state index contributed by atoms with van der Waals surface area (Å²) in [5, 5.41) is 0. The third-order valence-corrected chi connectivity index (χ3v) is 4.52. The Bertz CT molecular complexity index is 547. The molecular formula is C17H23NO3. The maximum absolute atomic E-state index is 12.9. The minimum absolute atomic E-state index is 0.173. The van der Waals surface area contributed by atoms with E-state index in [1.807, 2.05) is 32.0 Å². The average molecular weight is 289 g/mol. The average Bonchev–Trinajstić information content (AvgIpc) is 2.86. The molecule has 1 unspecified atom stereocenters. The second-order valence-electron chi connectivity index (χ2n) is 6.44. The Morgan fingerprint density at radius 2 is 2.00 bits per heavy atom. The van der Waals surface area contributed by atoms with Crippen molar-refractivity contribution in [2.75, 3.05) is 26.3 Å². The Hall–Kier alpha value is -1.39. The molecule has 0 radical (unpaired) electrons. The first-order valence-electron chi connectivity index (χ1n) is 7.65. The van der Waals surface area contributed by atoms with Gasteiger partial charge in [0.05, 0.1) is 18.8 Å². The monoisotopic (exact) mass is 289 g/mol. The Kier molecular flexibility index (Phi) is 3.76. The molecule has 0 amide bonds. The number of carbonyl (C=O) groups is 1. The molecular weight excluding hydrogens is 266 g/mol. The summed E-state index contributed by atoms with van der Waals surface area (Å²) in [7, 11) is 0. The molecule has 1 aromatic rings. The molecule has 4 nitrogen and oxygen atoms in total. The summed E-state index contributed by atoms with van der Waals surface area (Å²) < 4.78 is 11.1. The summed E-state index contributed by atoms with van der Waals surface area (Å²) in [6, 6.07) is 5.83. The lowest BCUT2D eigenvalue weighted by molar-refractivity contribution is -0.00430. The minimum Gasteiger partial charge on any atom is -0.490 e. The first-order valence-corrected chi connectivity index (χ1v) is 7.65. The van der Waals surface area contributed by atoms with E-state index in [0.29, 0.717) is 13.2 Å². The van der Waals surface area contributed by atoms with Crippen LogP contribution in [-0.4, -0.2) is 48.6 Å². The molecule has 4 heteroatoms. The van der Waals surface area contributed by atoms with E-state index in [1.165, 1.54) is 0 Å². The molecule has 1 atom stereocenters. The molecule has 2 aliphatic rings. The van der Waals surface area contributed by atoms with E-state index >= 15 is 0 Å². The van der Waals surface area contributed by atoms with Gasteiger partial charge in [-0.1, -0.05) is 0 Å². The molecule has 114 valence electrons. The van der Waals surface area contributed by atoms with E-state index in [-0.39, 0.29) is 11.9 Å². The molecule has 0 bridgehead atoms. The fourth-order valence-corrected chi connectivity index (χ4v) is 3.18. The molecule has 0 aliphatic carbocycles. The molecule has 21 heavy (non-hydrogen) atoms. The van der Waals surface area contributed by atoms with Crippen LogP contribution in [0.3, 0.4) is 0 Å². The fourth-order valence-electron chi connectivity index (χ4n) is 3.18. The van der Waals surface area contributed by atoms with Crippen LogP contribution >= 0.6 is 0 Å². The Labute approximate surface area is 126 Å². The van der Waals surface area contributed by atoms with Gasteiger partial charge in [-0.15, -0.1) is 0 Å². The minimum atomic E-state index is -0.497. The van der Waals surface area contributed by atoms with Crippen LogP contribution in [0.1, 0.15) is 36.7 Å². The van der Waals surface area contributed by atoms with Crippen molar-refractivity contribution in [3.8, 4) is 5.75 Å². The Balaban J connectivity index is 1.83. The SMILES string of the molecule is CC1Cc2cc(C(=O)C(C)(C)N3CCOCC3)ccc2O1. The molecule has 1 aromatic carbocycles. The number of rotatable bonds is 3. The van der Waals surface area contributed by atoms with Crippen molar-refractivity contribution in [2.45, 2.75) is 38.8 Å². The molecule has 1 saturated heterocycles. The van der Waals surface area contributed by atoms with Gasteiger partial charge in [-0.3, -0.25) is 9.69 Å². The number of hydrogen-bond donors (Lipinski definition) is 0. The predicted octanol–water partition coefficient (Wildman–Crippen LogP) is 2.30. The van der Waals surface area contributed by atoms with Crippen molar-refractivity contribution in [3.63, 3.8) is 0 Å². The highest BCUT2D eigenvalue weighted by molar-refractivity contribution is 6.03. The lowest BCUT2D eigenvalue weighted by Crippen LogP contribution is -2.54. The molecule has 1 fully saturated rings. The van der Waals surface area contributed by atoms with Gasteiger partial charge >= 0.3 is 0 Å². The van der Waals surface area contributed by atoms with E-state index < -0.39 is 5.54 Å². The van der Waals surface area contributed by atoms with Crippen LogP contribution in [0.2, 0.25) is 0 Å². The van der Waals surface area contributed by atoms with Crippen LogP contribution in [0.4, 0.5) is 0 Å². The number of hydrogen-bond acceptors (Lipinski definition) is 4. The van der Waals surface area contributed by atoms with Crippen LogP contribution in [0.5, 0.6) is 5.75 Å². The summed E-state index contributed by atoms with van der Waals surface area (Å²) in [4.78, 5) is 15.1. The maximum atomic E-state index is 12.9. The summed E-state index contributed by atoms with van der Waals surface area (Å²) in [6.07, 6.45) is 1.09. The second-order valence-corrected chi connectivity index (χ2v) is 6.44. The zero-order valence-electron chi connectivity index (χ0n) is 13.0. The number of Topliss-reactive ketones (excluding diaryl/α,β-unsaturated/α-hetero) is 1. The van der Waals surface area contributed by atoms with E-state index in [0.717, 1.165) is 36.4 Å². The van der Waals surface area contributed by atoms with Crippen LogP contribution in [0.25, 0.3) is 0 Å². The summed E-state index contributed by atoms with van der Waals surface area (Å²) >= 11 is 0. The normalized spacial score (nSPS) is 22.7. The zero-order chi connectivity index (χ0) is 15.0. The van der Waals surface area contributed by atoms with Crippen molar-refractivity contribution in [2.24, 2.45) is 0 Å². The summed E-state index contributed by atoms with van der Waals surface area (Å²) in [5.74, 6) is 1.09. The van der Waals surface area contributed by atoms with Crippen molar-refractivity contribution < 1.29 is 14.3 Å².